The standard InChI is InChI=1S/C17H27NO3S/c1-13(2)7-5-8-14(3)18-17(19)16-10-6-9-15(11-16)12-22(4,20)21/h6,9-11,13-14H,5,7-8,12H2,1-4H3,(H,18,19)/t14-/m0/s1. The summed E-state index contributed by atoms with van der Waals surface area (Å²) in [7, 11) is -3.09. The van der Waals surface area contributed by atoms with E-state index in [1.807, 2.05) is 6.92 Å². The molecule has 1 N–H and O–H groups in total. The molecule has 0 aliphatic heterocycles. The minimum atomic E-state index is -3.09. The molecule has 1 atom stereocenters. The van der Waals surface area contributed by atoms with Crippen LogP contribution in [0, 0.1) is 5.92 Å². The van der Waals surface area contributed by atoms with Gasteiger partial charge in [0, 0.05) is 17.9 Å². The molecule has 0 aliphatic rings. The largest absolute Gasteiger partial charge is 0.350 e. The highest BCUT2D eigenvalue weighted by molar-refractivity contribution is 7.89. The zero-order valence-electron chi connectivity index (χ0n) is 13.9. The van der Waals surface area contributed by atoms with Crippen molar-refractivity contribution in [3.8, 4) is 0 Å². The van der Waals surface area contributed by atoms with Gasteiger partial charge in [-0.1, -0.05) is 38.8 Å². The van der Waals surface area contributed by atoms with Crippen LogP contribution in [0.3, 0.4) is 0 Å². The summed E-state index contributed by atoms with van der Waals surface area (Å²) in [5.41, 5.74) is 1.15. The van der Waals surface area contributed by atoms with E-state index in [2.05, 4.69) is 19.2 Å². The van der Waals surface area contributed by atoms with Gasteiger partial charge in [-0.3, -0.25) is 4.79 Å². The van der Waals surface area contributed by atoms with Crippen molar-refractivity contribution in [3.05, 3.63) is 35.4 Å². The quantitative estimate of drug-likeness (QED) is 0.798. The molecule has 0 aromatic heterocycles. The fourth-order valence-electron chi connectivity index (χ4n) is 2.32. The fraction of sp³-hybridized carbons (Fsp3) is 0.588. The summed E-state index contributed by atoms with van der Waals surface area (Å²) in [6.45, 7) is 6.38. The van der Waals surface area contributed by atoms with Crippen molar-refractivity contribution in [1.29, 1.82) is 0 Å². The van der Waals surface area contributed by atoms with Crippen LogP contribution in [0.15, 0.2) is 24.3 Å². The van der Waals surface area contributed by atoms with Crippen LogP contribution in [-0.2, 0) is 15.6 Å². The zero-order valence-corrected chi connectivity index (χ0v) is 14.7. The monoisotopic (exact) mass is 325 g/mol. The number of benzene rings is 1. The maximum atomic E-state index is 12.2. The first-order valence-corrected chi connectivity index (χ1v) is 9.81. The third kappa shape index (κ3) is 7.59. The second-order valence-electron chi connectivity index (χ2n) is 6.47. The minimum Gasteiger partial charge on any atom is -0.350 e. The van der Waals surface area contributed by atoms with Crippen LogP contribution >= 0.6 is 0 Å². The van der Waals surface area contributed by atoms with E-state index in [0.29, 0.717) is 17.0 Å². The van der Waals surface area contributed by atoms with Gasteiger partial charge in [0.2, 0.25) is 0 Å². The number of carbonyl (C=O) groups is 1. The summed E-state index contributed by atoms with van der Waals surface area (Å²) in [5.74, 6) is 0.487. The summed E-state index contributed by atoms with van der Waals surface area (Å²) in [6.07, 6.45) is 4.39. The van der Waals surface area contributed by atoms with E-state index in [0.717, 1.165) is 19.3 Å². The van der Waals surface area contributed by atoms with Gasteiger partial charge in [-0.2, -0.15) is 0 Å². The molecular weight excluding hydrogens is 298 g/mol. The lowest BCUT2D eigenvalue weighted by Gasteiger charge is -2.15. The minimum absolute atomic E-state index is 0.0436. The Morgan fingerprint density at radius 2 is 1.86 bits per heavy atom. The number of carbonyl (C=O) groups excluding carboxylic acids is 1. The Morgan fingerprint density at radius 1 is 1.18 bits per heavy atom. The molecule has 0 saturated carbocycles. The highest BCUT2D eigenvalue weighted by Gasteiger charge is 2.12. The first kappa shape index (κ1) is 18.7. The summed E-state index contributed by atoms with van der Waals surface area (Å²) < 4.78 is 22.7. The third-order valence-electron chi connectivity index (χ3n) is 3.41. The maximum absolute atomic E-state index is 12.2. The fourth-order valence-corrected chi connectivity index (χ4v) is 3.10. The molecule has 0 bridgehead atoms. The van der Waals surface area contributed by atoms with E-state index in [4.69, 9.17) is 0 Å². The average molecular weight is 325 g/mol. The molecule has 1 amide bonds. The van der Waals surface area contributed by atoms with E-state index in [-0.39, 0.29) is 17.7 Å². The summed E-state index contributed by atoms with van der Waals surface area (Å²) in [4.78, 5) is 12.2. The number of sulfone groups is 1. The molecule has 124 valence electrons. The van der Waals surface area contributed by atoms with Gasteiger partial charge in [0.15, 0.2) is 9.84 Å². The van der Waals surface area contributed by atoms with E-state index in [9.17, 15) is 13.2 Å². The molecule has 1 rings (SSSR count). The Balaban J connectivity index is 2.60. The number of hydrogen-bond acceptors (Lipinski definition) is 3. The lowest BCUT2D eigenvalue weighted by molar-refractivity contribution is 0.0937. The van der Waals surface area contributed by atoms with Gasteiger partial charge in [0.1, 0.15) is 0 Å². The molecule has 0 aliphatic carbocycles. The van der Waals surface area contributed by atoms with E-state index in [1.54, 1.807) is 24.3 Å². The molecule has 4 nitrogen and oxygen atoms in total. The van der Waals surface area contributed by atoms with Crippen molar-refractivity contribution in [2.45, 2.75) is 51.8 Å². The third-order valence-corrected chi connectivity index (χ3v) is 4.27. The molecule has 0 radical (unpaired) electrons. The van der Waals surface area contributed by atoms with Crippen LogP contribution in [0.25, 0.3) is 0 Å². The van der Waals surface area contributed by atoms with Gasteiger partial charge in [-0.15, -0.1) is 0 Å². The normalized spacial score (nSPS) is 13.1. The lowest BCUT2D eigenvalue weighted by Crippen LogP contribution is -2.32. The van der Waals surface area contributed by atoms with Crippen molar-refractivity contribution >= 4 is 15.7 Å². The van der Waals surface area contributed by atoms with Crippen molar-refractivity contribution in [1.82, 2.24) is 5.32 Å². The molecule has 0 heterocycles. The molecule has 0 unspecified atom stereocenters. The Labute approximate surface area is 134 Å². The lowest BCUT2D eigenvalue weighted by atomic mass is 10.0. The van der Waals surface area contributed by atoms with Crippen molar-refractivity contribution in [2.75, 3.05) is 6.26 Å². The number of hydrogen-bond donors (Lipinski definition) is 1. The van der Waals surface area contributed by atoms with Crippen molar-refractivity contribution in [2.24, 2.45) is 5.92 Å². The van der Waals surface area contributed by atoms with Crippen LogP contribution in [0.2, 0.25) is 0 Å². The first-order valence-electron chi connectivity index (χ1n) is 7.75. The molecule has 0 fully saturated rings. The van der Waals surface area contributed by atoms with Crippen LogP contribution < -0.4 is 5.32 Å². The number of amides is 1. The first-order chi connectivity index (χ1) is 10.2. The second kappa shape index (κ2) is 8.32. The molecular formula is C17H27NO3S. The summed E-state index contributed by atoms with van der Waals surface area (Å²) >= 11 is 0. The Hall–Kier alpha value is -1.36. The van der Waals surface area contributed by atoms with Gasteiger partial charge < -0.3 is 5.32 Å². The predicted octanol–water partition coefficient (Wildman–Crippen LogP) is 3.18. The number of nitrogens with one attached hydrogen (secondary N) is 1. The summed E-state index contributed by atoms with van der Waals surface area (Å²) in [5, 5.41) is 2.97. The molecule has 5 heteroatoms. The van der Waals surface area contributed by atoms with Crippen LogP contribution in [0.5, 0.6) is 0 Å². The Kier molecular flexibility index (Phi) is 7.07. The van der Waals surface area contributed by atoms with Gasteiger partial charge in [-0.05, 0) is 37.0 Å². The second-order valence-corrected chi connectivity index (χ2v) is 8.61. The topological polar surface area (TPSA) is 63.2 Å². The summed E-state index contributed by atoms with van der Waals surface area (Å²) in [6, 6.07) is 6.92. The molecule has 0 spiro atoms. The molecule has 22 heavy (non-hydrogen) atoms. The van der Waals surface area contributed by atoms with E-state index >= 15 is 0 Å². The van der Waals surface area contributed by atoms with E-state index in [1.165, 1.54) is 6.26 Å². The zero-order chi connectivity index (χ0) is 16.8. The van der Waals surface area contributed by atoms with Crippen molar-refractivity contribution < 1.29 is 13.2 Å². The van der Waals surface area contributed by atoms with Gasteiger partial charge in [-0.25, -0.2) is 8.42 Å². The molecule has 0 saturated heterocycles. The van der Waals surface area contributed by atoms with Crippen LogP contribution in [-0.4, -0.2) is 26.6 Å². The Morgan fingerprint density at radius 3 is 2.45 bits per heavy atom. The van der Waals surface area contributed by atoms with Crippen LogP contribution in [0.4, 0.5) is 0 Å². The smallest absolute Gasteiger partial charge is 0.251 e. The van der Waals surface area contributed by atoms with Crippen molar-refractivity contribution in [3.63, 3.8) is 0 Å². The number of rotatable bonds is 8. The molecule has 1 aromatic carbocycles. The van der Waals surface area contributed by atoms with Crippen LogP contribution in [0.1, 0.15) is 56.0 Å². The SMILES string of the molecule is CC(C)CCC[C@H](C)NC(=O)c1cccc(CS(C)(=O)=O)c1. The van der Waals surface area contributed by atoms with E-state index < -0.39 is 9.84 Å². The molecule has 1 aromatic rings. The van der Waals surface area contributed by atoms with Gasteiger partial charge in [0.25, 0.3) is 5.91 Å². The highest BCUT2D eigenvalue weighted by Crippen LogP contribution is 2.11. The Bertz CT molecular complexity index is 594. The van der Waals surface area contributed by atoms with Gasteiger partial charge >= 0.3 is 0 Å². The predicted molar refractivity (Wildman–Crippen MR) is 90.6 cm³/mol. The maximum Gasteiger partial charge on any atom is 0.251 e. The average Bonchev–Trinajstić information content (AvgIpc) is 2.36. The highest BCUT2D eigenvalue weighted by atomic mass is 32.2. The van der Waals surface area contributed by atoms with Gasteiger partial charge in [0.05, 0.1) is 5.75 Å².